The largest absolute Gasteiger partial charge is 0.501 e. The second-order valence-electron chi connectivity index (χ2n) is 10.0. The van der Waals surface area contributed by atoms with E-state index in [1.807, 2.05) is 0 Å². The molecule has 1 fully saturated rings. The van der Waals surface area contributed by atoms with Gasteiger partial charge in [-0.2, -0.15) is 0 Å². The number of rotatable bonds is 4. The molecule has 0 saturated heterocycles. The number of carbonyl (C=O) groups excluding carboxylic acids is 2. The molecular weight excluding hydrogens is 443 g/mol. The topological polar surface area (TPSA) is 123 Å². The Morgan fingerprint density at radius 2 is 1.88 bits per heavy atom. The van der Waals surface area contributed by atoms with Crippen LogP contribution >= 0.6 is 0 Å². The normalized spacial score (nSPS) is 21.4. The summed E-state index contributed by atoms with van der Waals surface area (Å²) in [5, 5.41) is 16.1. The predicted octanol–water partition coefficient (Wildman–Crippen LogP) is 2.94. The SMILES string of the molecule is CC(C)(C)OC(=O)NC12CCC(CC1)Cn1c2nc(C(=O)NCc2ccc(F)cc2)c(O)c1=O. The van der Waals surface area contributed by atoms with Gasteiger partial charge in [0.05, 0.1) is 0 Å². The van der Waals surface area contributed by atoms with E-state index in [0.717, 1.165) is 12.8 Å². The molecular formula is C24H29FN4O5. The van der Waals surface area contributed by atoms with E-state index < -0.39 is 46.0 Å². The highest BCUT2D eigenvalue weighted by Gasteiger charge is 2.46. The van der Waals surface area contributed by atoms with Crippen molar-refractivity contribution in [2.24, 2.45) is 5.92 Å². The molecule has 0 spiro atoms. The van der Waals surface area contributed by atoms with E-state index in [0.29, 0.717) is 24.9 Å². The van der Waals surface area contributed by atoms with Crippen molar-refractivity contribution in [1.82, 2.24) is 20.2 Å². The van der Waals surface area contributed by atoms with Gasteiger partial charge in [-0.15, -0.1) is 0 Å². The molecule has 10 heteroatoms. The highest BCUT2D eigenvalue weighted by atomic mass is 19.1. The lowest BCUT2D eigenvalue weighted by atomic mass is 9.77. The number of carbonyl (C=O) groups is 2. The van der Waals surface area contributed by atoms with E-state index in [-0.39, 0.29) is 18.3 Å². The summed E-state index contributed by atoms with van der Waals surface area (Å²) in [6.07, 6.45) is 1.94. The average Bonchev–Trinajstić information content (AvgIpc) is 3.00. The zero-order valence-electron chi connectivity index (χ0n) is 19.5. The minimum Gasteiger partial charge on any atom is -0.501 e. The molecule has 1 aromatic heterocycles. The fourth-order valence-electron chi connectivity index (χ4n) is 4.62. The van der Waals surface area contributed by atoms with Crippen LogP contribution in [-0.2, 0) is 23.4 Å². The molecule has 5 rings (SSSR count). The summed E-state index contributed by atoms with van der Waals surface area (Å²) in [5.74, 6) is -1.44. The number of aromatic hydroxyl groups is 1. The molecule has 2 bridgehead atoms. The van der Waals surface area contributed by atoms with Gasteiger partial charge in [0.2, 0.25) is 5.75 Å². The molecule has 3 N–H and O–H groups in total. The Labute approximate surface area is 196 Å². The lowest BCUT2D eigenvalue weighted by Crippen LogP contribution is -2.51. The van der Waals surface area contributed by atoms with Crippen LogP contribution in [0.15, 0.2) is 29.1 Å². The first-order valence-electron chi connectivity index (χ1n) is 11.4. The number of hydrogen-bond acceptors (Lipinski definition) is 6. The first kappa shape index (κ1) is 23.7. The zero-order valence-corrected chi connectivity index (χ0v) is 19.5. The predicted molar refractivity (Wildman–Crippen MR) is 121 cm³/mol. The Hall–Kier alpha value is -3.43. The number of hydrogen-bond donors (Lipinski definition) is 3. The summed E-state index contributed by atoms with van der Waals surface area (Å²) in [4.78, 5) is 43.1. The van der Waals surface area contributed by atoms with Gasteiger partial charge >= 0.3 is 6.09 Å². The van der Waals surface area contributed by atoms with Crippen molar-refractivity contribution in [3.8, 4) is 5.75 Å². The second kappa shape index (κ2) is 8.73. The maximum atomic E-state index is 13.1. The summed E-state index contributed by atoms with van der Waals surface area (Å²) < 4.78 is 19.9. The molecule has 2 aromatic rings. The van der Waals surface area contributed by atoms with E-state index in [4.69, 9.17) is 4.74 Å². The van der Waals surface area contributed by atoms with Crippen molar-refractivity contribution >= 4 is 12.0 Å². The molecule has 34 heavy (non-hydrogen) atoms. The summed E-state index contributed by atoms with van der Waals surface area (Å²) >= 11 is 0. The second-order valence-corrected chi connectivity index (χ2v) is 10.0. The monoisotopic (exact) mass is 472 g/mol. The van der Waals surface area contributed by atoms with Gasteiger partial charge < -0.3 is 20.5 Å². The van der Waals surface area contributed by atoms with E-state index in [1.165, 1.54) is 28.8 Å². The maximum absolute atomic E-state index is 13.1. The Kier molecular flexibility index (Phi) is 6.09. The van der Waals surface area contributed by atoms with Gasteiger partial charge in [0.1, 0.15) is 22.8 Å². The third-order valence-corrected chi connectivity index (χ3v) is 6.29. The molecule has 3 aliphatic rings. The van der Waals surface area contributed by atoms with Crippen molar-refractivity contribution in [1.29, 1.82) is 0 Å². The Balaban J connectivity index is 1.68. The van der Waals surface area contributed by atoms with Crippen LogP contribution in [0.25, 0.3) is 0 Å². The van der Waals surface area contributed by atoms with Crippen molar-refractivity contribution < 1.29 is 23.8 Å². The van der Waals surface area contributed by atoms with E-state index in [9.17, 15) is 23.9 Å². The van der Waals surface area contributed by atoms with Crippen LogP contribution < -0.4 is 16.2 Å². The number of nitrogens with zero attached hydrogens (tertiary/aromatic N) is 2. The number of amides is 2. The van der Waals surface area contributed by atoms with Crippen LogP contribution in [-0.4, -0.2) is 32.3 Å². The summed E-state index contributed by atoms with van der Waals surface area (Å²) in [6, 6.07) is 5.59. The van der Waals surface area contributed by atoms with E-state index in [2.05, 4.69) is 15.6 Å². The Morgan fingerprint density at radius 1 is 1.24 bits per heavy atom. The quantitative estimate of drug-likeness (QED) is 0.629. The minimum atomic E-state index is -0.992. The number of nitrogens with one attached hydrogen (secondary N) is 2. The Morgan fingerprint density at radius 3 is 2.50 bits per heavy atom. The zero-order chi connectivity index (χ0) is 24.7. The van der Waals surface area contributed by atoms with Crippen LogP contribution in [0.3, 0.4) is 0 Å². The number of halogens is 1. The van der Waals surface area contributed by atoms with Gasteiger partial charge in [0.25, 0.3) is 11.5 Å². The molecule has 1 aliphatic carbocycles. The molecule has 2 aliphatic heterocycles. The fraction of sp³-hybridized carbons (Fsp3) is 0.500. The van der Waals surface area contributed by atoms with Crippen molar-refractivity contribution in [2.45, 2.75) is 70.7 Å². The minimum absolute atomic E-state index is 0.0576. The molecule has 2 amide bonds. The van der Waals surface area contributed by atoms with E-state index in [1.54, 1.807) is 20.8 Å². The number of aromatic nitrogens is 2. The van der Waals surface area contributed by atoms with Crippen LogP contribution in [0.2, 0.25) is 0 Å². The molecule has 3 heterocycles. The smallest absolute Gasteiger partial charge is 0.408 e. The number of benzene rings is 1. The number of fused-ring (bicyclic) bond motifs is 2. The van der Waals surface area contributed by atoms with Crippen LogP contribution in [0.4, 0.5) is 9.18 Å². The molecule has 182 valence electrons. The highest BCUT2D eigenvalue weighted by Crippen LogP contribution is 2.43. The molecule has 0 atom stereocenters. The molecule has 0 unspecified atom stereocenters. The molecule has 0 radical (unpaired) electrons. The van der Waals surface area contributed by atoms with Gasteiger partial charge in [0, 0.05) is 13.1 Å². The van der Waals surface area contributed by atoms with Crippen LogP contribution in [0, 0.1) is 11.7 Å². The standard InChI is InChI=1S/C24H29FN4O5/c1-23(2,3)34-22(33)28-24-10-8-15(9-11-24)13-29-20(32)18(30)17(27-21(24)29)19(31)26-12-14-4-6-16(25)7-5-14/h4-7,15,30H,8-13H2,1-3H3,(H,26,31)(H,28,33). The molecule has 1 saturated carbocycles. The number of ether oxygens (including phenoxy) is 1. The highest BCUT2D eigenvalue weighted by molar-refractivity contribution is 5.94. The lowest BCUT2D eigenvalue weighted by molar-refractivity contribution is 0.0406. The van der Waals surface area contributed by atoms with Crippen LogP contribution in [0.1, 0.15) is 68.3 Å². The van der Waals surface area contributed by atoms with Gasteiger partial charge in [-0.05, 0) is 70.1 Å². The van der Waals surface area contributed by atoms with Crippen LogP contribution in [0.5, 0.6) is 5.75 Å². The van der Waals surface area contributed by atoms with Gasteiger partial charge in [-0.1, -0.05) is 12.1 Å². The first-order valence-corrected chi connectivity index (χ1v) is 11.4. The lowest BCUT2D eigenvalue weighted by Gasteiger charge is -2.37. The van der Waals surface area contributed by atoms with Crippen molar-refractivity contribution in [3.05, 3.63) is 57.5 Å². The third-order valence-electron chi connectivity index (χ3n) is 6.29. The molecule has 9 nitrogen and oxygen atoms in total. The summed E-state index contributed by atoms with van der Waals surface area (Å²) in [5.41, 5.74) is -2.19. The third kappa shape index (κ3) is 4.76. The Bertz CT molecular complexity index is 1160. The fourth-order valence-corrected chi connectivity index (χ4v) is 4.62. The molecule has 1 aromatic carbocycles. The summed E-state index contributed by atoms with van der Waals surface area (Å²) in [6.45, 7) is 5.68. The maximum Gasteiger partial charge on any atom is 0.408 e. The average molecular weight is 473 g/mol. The number of alkyl carbamates (subject to hydrolysis) is 1. The van der Waals surface area contributed by atoms with Gasteiger partial charge in [0.15, 0.2) is 5.69 Å². The summed E-state index contributed by atoms with van der Waals surface area (Å²) in [7, 11) is 0. The van der Waals surface area contributed by atoms with Gasteiger partial charge in [-0.3, -0.25) is 14.2 Å². The first-order chi connectivity index (χ1) is 16.0. The van der Waals surface area contributed by atoms with Crippen molar-refractivity contribution in [3.63, 3.8) is 0 Å². The van der Waals surface area contributed by atoms with Gasteiger partial charge in [-0.25, -0.2) is 14.2 Å². The van der Waals surface area contributed by atoms with Crippen molar-refractivity contribution in [2.75, 3.05) is 0 Å². The van der Waals surface area contributed by atoms with E-state index >= 15 is 0 Å².